The van der Waals surface area contributed by atoms with E-state index in [4.69, 9.17) is 9.26 Å². The summed E-state index contributed by atoms with van der Waals surface area (Å²) in [6, 6.07) is 9.32. The minimum absolute atomic E-state index is 0.00873. The lowest BCUT2D eigenvalue weighted by Gasteiger charge is -2.03. The molecule has 0 N–H and O–H groups in total. The average molecular weight is 313 g/mol. The third kappa shape index (κ3) is 3.39. The van der Waals surface area contributed by atoms with E-state index in [0.29, 0.717) is 6.61 Å². The van der Waals surface area contributed by atoms with Crippen molar-refractivity contribution in [3.8, 4) is 17.0 Å². The molecule has 0 amide bonds. The zero-order valence-electron chi connectivity index (χ0n) is 12.7. The van der Waals surface area contributed by atoms with Gasteiger partial charge < -0.3 is 14.0 Å². The molecular weight excluding hydrogens is 298 g/mol. The van der Waals surface area contributed by atoms with Crippen molar-refractivity contribution in [3.63, 3.8) is 0 Å². The van der Waals surface area contributed by atoms with E-state index >= 15 is 0 Å². The summed E-state index contributed by atoms with van der Waals surface area (Å²) in [6.45, 7) is 0.320. The number of benzene rings is 1. The van der Waals surface area contributed by atoms with Gasteiger partial charge in [-0.2, -0.15) is 5.10 Å². The molecule has 7 heteroatoms. The van der Waals surface area contributed by atoms with Gasteiger partial charge in [0.05, 0.1) is 19.4 Å². The largest absolute Gasteiger partial charge is 0.471 e. The van der Waals surface area contributed by atoms with E-state index in [9.17, 15) is 4.79 Å². The third-order valence-electron chi connectivity index (χ3n) is 3.25. The van der Waals surface area contributed by atoms with Crippen molar-refractivity contribution < 1.29 is 18.8 Å². The predicted molar refractivity (Wildman–Crippen MR) is 80.8 cm³/mol. The first kappa shape index (κ1) is 14.8. The van der Waals surface area contributed by atoms with Crippen LogP contribution in [0.4, 0.5) is 0 Å². The Labute approximate surface area is 132 Å². The maximum Gasteiger partial charge on any atom is 0.377 e. The highest BCUT2D eigenvalue weighted by molar-refractivity contribution is 5.86. The highest BCUT2D eigenvalue weighted by Crippen LogP contribution is 2.20. The van der Waals surface area contributed by atoms with Gasteiger partial charge in [-0.05, 0) is 16.3 Å². The number of nitrogens with zero attached hydrogens (tertiary/aromatic N) is 3. The Morgan fingerprint density at radius 3 is 2.70 bits per heavy atom. The molecule has 0 aliphatic heterocycles. The van der Waals surface area contributed by atoms with Crippen molar-refractivity contribution in [2.45, 2.75) is 6.61 Å². The molecule has 0 spiro atoms. The number of aromatic nitrogens is 3. The number of carbonyl (C=O) groups is 1. The topological polar surface area (TPSA) is 79.4 Å². The van der Waals surface area contributed by atoms with Crippen LogP contribution in [0.1, 0.15) is 16.1 Å². The van der Waals surface area contributed by atoms with E-state index in [1.165, 1.54) is 13.2 Å². The zero-order chi connectivity index (χ0) is 16.2. The SMILES string of the molecule is COC(=O)c1cc(OCc2ccc(-c3cnn(C)c3)cc2)no1. The molecule has 0 fully saturated rings. The van der Waals surface area contributed by atoms with Gasteiger partial charge >= 0.3 is 5.97 Å². The lowest BCUT2D eigenvalue weighted by molar-refractivity contribution is 0.0554. The van der Waals surface area contributed by atoms with Crippen molar-refractivity contribution in [1.82, 2.24) is 14.9 Å². The van der Waals surface area contributed by atoms with Crippen molar-refractivity contribution in [3.05, 3.63) is 54.0 Å². The highest BCUT2D eigenvalue weighted by atomic mass is 16.6. The molecule has 118 valence electrons. The molecular formula is C16H15N3O4. The maximum atomic E-state index is 11.3. The smallest absolute Gasteiger partial charge is 0.377 e. The van der Waals surface area contributed by atoms with Crippen molar-refractivity contribution in [2.24, 2.45) is 7.05 Å². The molecule has 3 rings (SSSR count). The van der Waals surface area contributed by atoms with Gasteiger partial charge in [0.1, 0.15) is 6.61 Å². The van der Waals surface area contributed by atoms with Crippen LogP contribution in [-0.4, -0.2) is 28.0 Å². The second-order valence-corrected chi connectivity index (χ2v) is 4.91. The van der Waals surface area contributed by atoms with E-state index < -0.39 is 5.97 Å². The molecule has 0 unspecified atom stereocenters. The first-order chi connectivity index (χ1) is 11.2. The Balaban J connectivity index is 1.62. The molecule has 1 aromatic carbocycles. The number of hydrogen-bond donors (Lipinski definition) is 0. The average Bonchev–Trinajstić information content (AvgIpc) is 3.22. The fraction of sp³-hybridized carbons (Fsp3) is 0.188. The molecule has 0 aliphatic carbocycles. The van der Waals surface area contributed by atoms with Gasteiger partial charge in [0, 0.05) is 18.8 Å². The lowest BCUT2D eigenvalue weighted by Crippen LogP contribution is -1.98. The standard InChI is InChI=1S/C16H15N3O4/c1-19-9-13(8-17-19)12-5-3-11(4-6-12)10-22-15-7-14(23-18-15)16(20)21-2/h3-9H,10H2,1-2H3. The number of ether oxygens (including phenoxy) is 2. The fourth-order valence-corrected chi connectivity index (χ4v) is 2.04. The molecule has 23 heavy (non-hydrogen) atoms. The Kier molecular flexibility index (Phi) is 4.09. The number of aryl methyl sites for hydroxylation is 1. The predicted octanol–water partition coefficient (Wildman–Crippen LogP) is 2.44. The van der Waals surface area contributed by atoms with Crippen molar-refractivity contribution >= 4 is 5.97 Å². The van der Waals surface area contributed by atoms with Crippen LogP contribution >= 0.6 is 0 Å². The number of rotatable bonds is 5. The molecule has 2 heterocycles. The van der Waals surface area contributed by atoms with Crippen LogP contribution in [-0.2, 0) is 18.4 Å². The lowest BCUT2D eigenvalue weighted by atomic mass is 10.1. The van der Waals surface area contributed by atoms with Gasteiger partial charge in [-0.25, -0.2) is 4.79 Å². The second kappa shape index (κ2) is 6.35. The summed E-state index contributed by atoms with van der Waals surface area (Å²) in [5.41, 5.74) is 3.11. The maximum absolute atomic E-state index is 11.3. The van der Waals surface area contributed by atoms with E-state index in [1.54, 1.807) is 4.68 Å². The zero-order valence-corrected chi connectivity index (χ0v) is 12.7. The summed E-state index contributed by atoms with van der Waals surface area (Å²) < 4.78 is 16.6. The molecule has 2 aromatic heterocycles. The second-order valence-electron chi connectivity index (χ2n) is 4.91. The Bertz CT molecular complexity index is 805. The monoisotopic (exact) mass is 313 g/mol. The van der Waals surface area contributed by atoms with Crippen LogP contribution < -0.4 is 4.74 Å². The van der Waals surface area contributed by atoms with Crippen LogP contribution in [0.3, 0.4) is 0 Å². The normalized spacial score (nSPS) is 10.5. The van der Waals surface area contributed by atoms with Gasteiger partial charge in [0.15, 0.2) is 0 Å². The number of esters is 1. The summed E-state index contributed by atoms with van der Waals surface area (Å²) in [6.07, 6.45) is 3.77. The number of hydrogen-bond acceptors (Lipinski definition) is 6. The molecule has 7 nitrogen and oxygen atoms in total. The summed E-state index contributed by atoms with van der Waals surface area (Å²) >= 11 is 0. The molecule has 0 radical (unpaired) electrons. The molecule has 0 atom stereocenters. The van der Waals surface area contributed by atoms with E-state index in [0.717, 1.165) is 16.7 Å². The van der Waals surface area contributed by atoms with E-state index in [2.05, 4.69) is 15.0 Å². The van der Waals surface area contributed by atoms with Gasteiger partial charge in [0.2, 0.25) is 5.76 Å². The number of carbonyl (C=O) groups excluding carboxylic acids is 1. The molecule has 0 aliphatic rings. The quantitative estimate of drug-likeness (QED) is 0.673. The fourth-order valence-electron chi connectivity index (χ4n) is 2.04. The molecule has 0 saturated carbocycles. The van der Waals surface area contributed by atoms with Crippen molar-refractivity contribution in [2.75, 3.05) is 7.11 Å². The van der Waals surface area contributed by atoms with Crippen LogP contribution in [0.2, 0.25) is 0 Å². The van der Waals surface area contributed by atoms with Gasteiger partial charge in [-0.1, -0.05) is 24.3 Å². The minimum Gasteiger partial charge on any atom is -0.471 e. The van der Waals surface area contributed by atoms with Gasteiger partial charge in [-0.15, -0.1) is 0 Å². The molecule has 0 saturated heterocycles. The summed E-state index contributed by atoms with van der Waals surface area (Å²) in [7, 11) is 3.15. The highest BCUT2D eigenvalue weighted by Gasteiger charge is 2.13. The minimum atomic E-state index is -0.590. The summed E-state index contributed by atoms with van der Waals surface area (Å²) in [4.78, 5) is 11.3. The van der Waals surface area contributed by atoms with Crippen molar-refractivity contribution in [1.29, 1.82) is 0 Å². The Morgan fingerprint density at radius 2 is 2.04 bits per heavy atom. The molecule has 0 bridgehead atoms. The summed E-state index contributed by atoms with van der Waals surface area (Å²) in [5.74, 6) is -0.343. The Hall–Kier alpha value is -3.09. The Morgan fingerprint density at radius 1 is 1.26 bits per heavy atom. The first-order valence-electron chi connectivity index (χ1n) is 6.91. The first-order valence-corrected chi connectivity index (χ1v) is 6.91. The van der Waals surface area contributed by atoms with E-state index in [1.807, 2.05) is 43.7 Å². The van der Waals surface area contributed by atoms with Gasteiger partial charge in [-0.3, -0.25) is 4.68 Å². The third-order valence-corrected chi connectivity index (χ3v) is 3.25. The van der Waals surface area contributed by atoms with Gasteiger partial charge in [0.25, 0.3) is 5.88 Å². The van der Waals surface area contributed by atoms with E-state index in [-0.39, 0.29) is 11.6 Å². The van der Waals surface area contributed by atoms with Crippen LogP contribution in [0.25, 0.3) is 11.1 Å². The summed E-state index contributed by atoms with van der Waals surface area (Å²) in [5, 5.41) is 7.81. The molecule has 3 aromatic rings. The number of methoxy groups -OCH3 is 1. The van der Waals surface area contributed by atoms with Crippen LogP contribution in [0.15, 0.2) is 47.2 Å². The van der Waals surface area contributed by atoms with Crippen LogP contribution in [0, 0.1) is 0 Å². The van der Waals surface area contributed by atoms with Crippen LogP contribution in [0.5, 0.6) is 5.88 Å².